The van der Waals surface area contributed by atoms with Crippen LogP contribution in [0, 0.1) is 0 Å². The Morgan fingerprint density at radius 1 is 1.31 bits per heavy atom. The molecule has 96 valence electrons. The van der Waals surface area contributed by atoms with Crippen LogP contribution in [0.2, 0.25) is 0 Å². The molecule has 0 saturated carbocycles. The largest absolute Gasteiger partial charge is 0.396 e. The van der Waals surface area contributed by atoms with E-state index in [1.165, 1.54) is 38.6 Å². The zero-order valence-electron chi connectivity index (χ0n) is 10.7. The van der Waals surface area contributed by atoms with E-state index < -0.39 is 0 Å². The van der Waals surface area contributed by atoms with Crippen LogP contribution in [0.4, 0.5) is 0 Å². The lowest BCUT2D eigenvalue weighted by Crippen LogP contribution is -2.41. The Morgan fingerprint density at radius 2 is 2.19 bits per heavy atom. The van der Waals surface area contributed by atoms with E-state index in [0.717, 1.165) is 26.2 Å². The first kappa shape index (κ1) is 13.9. The molecule has 0 bridgehead atoms. The fourth-order valence-electron chi connectivity index (χ4n) is 2.36. The molecule has 1 unspecified atom stereocenters. The molecule has 0 aliphatic carbocycles. The fourth-order valence-corrected chi connectivity index (χ4v) is 2.36. The van der Waals surface area contributed by atoms with Gasteiger partial charge in [0.05, 0.1) is 6.61 Å². The second-order valence-corrected chi connectivity index (χ2v) is 4.66. The van der Waals surface area contributed by atoms with Crippen LogP contribution in [0.1, 0.15) is 45.4 Å². The number of hydrogen-bond acceptors (Lipinski definition) is 3. The Bertz CT molecular complexity index is 162. The van der Waals surface area contributed by atoms with E-state index in [-0.39, 0.29) is 0 Å². The molecule has 0 radical (unpaired) electrons. The van der Waals surface area contributed by atoms with Crippen molar-refractivity contribution >= 4 is 0 Å². The molecule has 1 aliphatic rings. The first-order valence-corrected chi connectivity index (χ1v) is 6.81. The molecule has 0 aromatic carbocycles. The summed E-state index contributed by atoms with van der Waals surface area (Å²) in [4.78, 5) is 2.49. The highest BCUT2D eigenvalue weighted by molar-refractivity contribution is 4.76. The highest BCUT2D eigenvalue weighted by Gasteiger charge is 2.20. The van der Waals surface area contributed by atoms with Crippen LogP contribution < -0.4 is 0 Å². The number of aliphatic hydroxyl groups is 1. The van der Waals surface area contributed by atoms with E-state index in [0.29, 0.717) is 12.6 Å². The predicted octanol–water partition coefficient (Wildman–Crippen LogP) is 2.04. The highest BCUT2D eigenvalue weighted by Crippen LogP contribution is 2.18. The molecule has 1 saturated heterocycles. The van der Waals surface area contributed by atoms with Gasteiger partial charge in [-0.15, -0.1) is 0 Å². The summed E-state index contributed by atoms with van der Waals surface area (Å²) in [7, 11) is 0. The van der Waals surface area contributed by atoms with Gasteiger partial charge in [-0.2, -0.15) is 0 Å². The van der Waals surface area contributed by atoms with Gasteiger partial charge in [-0.05, 0) is 32.2 Å². The van der Waals surface area contributed by atoms with Crippen LogP contribution >= 0.6 is 0 Å². The lowest BCUT2D eigenvalue weighted by molar-refractivity contribution is 0.0617. The van der Waals surface area contributed by atoms with Crippen molar-refractivity contribution in [1.82, 2.24) is 4.90 Å². The summed E-state index contributed by atoms with van der Waals surface area (Å²) in [6.45, 7) is 6.47. The maximum Gasteiger partial charge on any atom is 0.0593 e. The van der Waals surface area contributed by atoms with Crippen LogP contribution in [0.15, 0.2) is 0 Å². The van der Waals surface area contributed by atoms with E-state index in [4.69, 9.17) is 9.84 Å². The Morgan fingerprint density at radius 3 is 2.94 bits per heavy atom. The van der Waals surface area contributed by atoms with Gasteiger partial charge in [-0.3, -0.25) is 4.90 Å². The van der Waals surface area contributed by atoms with Crippen molar-refractivity contribution < 1.29 is 9.84 Å². The van der Waals surface area contributed by atoms with Gasteiger partial charge in [0.15, 0.2) is 0 Å². The molecule has 0 aromatic rings. The van der Waals surface area contributed by atoms with Crippen LogP contribution in [0.5, 0.6) is 0 Å². The number of likely N-dealkylation sites (tertiary alicyclic amines) is 1. The molecule has 0 aromatic heterocycles. The van der Waals surface area contributed by atoms with Crippen LogP contribution in [0.25, 0.3) is 0 Å². The minimum Gasteiger partial charge on any atom is -0.396 e. The van der Waals surface area contributed by atoms with E-state index >= 15 is 0 Å². The Kier molecular flexibility index (Phi) is 7.81. The quantitative estimate of drug-likeness (QED) is 0.647. The lowest BCUT2D eigenvalue weighted by Gasteiger charge is -2.35. The van der Waals surface area contributed by atoms with Gasteiger partial charge < -0.3 is 9.84 Å². The molecule has 0 spiro atoms. The van der Waals surface area contributed by atoms with Gasteiger partial charge in [0.1, 0.15) is 0 Å². The number of ether oxygens (including phenoxy) is 1. The smallest absolute Gasteiger partial charge is 0.0593 e. The van der Waals surface area contributed by atoms with Crippen molar-refractivity contribution in [3.63, 3.8) is 0 Å². The predicted molar refractivity (Wildman–Crippen MR) is 66.6 cm³/mol. The maximum absolute atomic E-state index is 9.02. The Balaban J connectivity index is 2.11. The fraction of sp³-hybridized carbons (Fsp3) is 1.00. The van der Waals surface area contributed by atoms with Crippen molar-refractivity contribution in [3.8, 4) is 0 Å². The molecule has 1 fully saturated rings. The highest BCUT2D eigenvalue weighted by atomic mass is 16.5. The summed E-state index contributed by atoms with van der Waals surface area (Å²) in [5.74, 6) is 0. The molecular formula is C13H27NO2. The summed E-state index contributed by atoms with van der Waals surface area (Å²) in [6.07, 6.45) is 7.16. The second-order valence-electron chi connectivity index (χ2n) is 4.66. The summed E-state index contributed by atoms with van der Waals surface area (Å²) in [5.41, 5.74) is 0. The number of piperidine rings is 1. The number of rotatable bonds is 8. The summed E-state index contributed by atoms with van der Waals surface area (Å²) in [6, 6.07) is 0.591. The molecule has 1 atom stereocenters. The van der Waals surface area contributed by atoms with Gasteiger partial charge in [-0.25, -0.2) is 0 Å². The third-order valence-electron chi connectivity index (χ3n) is 3.38. The molecular weight excluding hydrogens is 202 g/mol. The average Bonchev–Trinajstić information content (AvgIpc) is 2.31. The SMILES string of the molecule is CCCCOCCN1CCCCC1CCO. The Hall–Kier alpha value is -0.120. The normalized spacial score (nSPS) is 22.5. The maximum atomic E-state index is 9.02. The van der Waals surface area contributed by atoms with E-state index in [9.17, 15) is 0 Å². The monoisotopic (exact) mass is 229 g/mol. The van der Waals surface area contributed by atoms with Crippen molar-refractivity contribution in [2.45, 2.75) is 51.5 Å². The first-order valence-electron chi connectivity index (χ1n) is 6.81. The molecule has 1 rings (SSSR count). The molecule has 3 nitrogen and oxygen atoms in total. The second kappa shape index (κ2) is 8.97. The van der Waals surface area contributed by atoms with Crippen molar-refractivity contribution in [1.29, 1.82) is 0 Å². The Labute approximate surface area is 99.8 Å². The third-order valence-corrected chi connectivity index (χ3v) is 3.38. The average molecular weight is 229 g/mol. The van der Waals surface area contributed by atoms with Crippen LogP contribution in [0.3, 0.4) is 0 Å². The number of unbranched alkanes of at least 4 members (excludes halogenated alkanes) is 1. The molecule has 16 heavy (non-hydrogen) atoms. The summed E-state index contributed by atoms with van der Waals surface area (Å²) >= 11 is 0. The zero-order valence-corrected chi connectivity index (χ0v) is 10.7. The van der Waals surface area contributed by atoms with E-state index in [2.05, 4.69) is 11.8 Å². The number of aliphatic hydroxyl groups excluding tert-OH is 1. The van der Waals surface area contributed by atoms with Gasteiger partial charge in [-0.1, -0.05) is 19.8 Å². The van der Waals surface area contributed by atoms with Gasteiger partial charge in [0.2, 0.25) is 0 Å². The van der Waals surface area contributed by atoms with Crippen molar-refractivity contribution in [3.05, 3.63) is 0 Å². The number of nitrogens with zero attached hydrogens (tertiary/aromatic N) is 1. The van der Waals surface area contributed by atoms with Gasteiger partial charge in [0.25, 0.3) is 0 Å². The van der Waals surface area contributed by atoms with Crippen LogP contribution in [-0.4, -0.2) is 49.0 Å². The van der Waals surface area contributed by atoms with E-state index in [1.54, 1.807) is 0 Å². The molecule has 1 heterocycles. The standard InChI is InChI=1S/C13H27NO2/c1-2-3-11-16-12-9-14-8-5-4-6-13(14)7-10-15/h13,15H,2-12H2,1H3. The minimum absolute atomic E-state index is 0.317. The third kappa shape index (κ3) is 5.28. The van der Waals surface area contributed by atoms with Crippen molar-refractivity contribution in [2.24, 2.45) is 0 Å². The summed E-state index contributed by atoms with van der Waals surface area (Å²) < 4.78 is 5.60. The van der Waals surface area contributed by atoms with Gasteiger partial charge >= 0.3 is 0 Å². The molecule has 1 N–H and O–H groups in total. The summed E-state index contributed by atoms with van der Waals surface area (Å²) in [5, 5.41) is 9.02. The molecule has 3 heteroatoms. The van der Waals surface area contributed by atoms with Crippen LogP contribution in [-0.2, 0) is 4.74 Å². The zero-order chi connectivity index (χ0) is 11.6. The minimum atomic E-state index is 0.317. The lowest BCUT2D eigenvalue weighted by atomic mass is 10.00. The molecule has 1 aliphatic heterocycles. The van der Waals surface area contributed by atoms with E-state index in [1.807, 2.05) is 0 Å². The topological polar surface area (TPSA) is 32.7 Å². The number of hydrogen-bond donors (Lipinski definition) is 1. The molecule has 0 amide bonds. The van der Waals surface area contributed by atoms with Gasteiger partial charge in [0, 0.05) is 25.8 Å². The first-order chi connectivity index (χ1) is 7.88. The van der Waals surface area contributed by atoms with Crippen molar-refractivity contribution in [2.75, 3.05) is 32.9 Å².